The summed E-state index contributed by atoms with van der Waals surface area (Å²) in [5.74, 6) is 0.883. The first kappa shape index (κ1) is 14.9. The maximum atomic E-state index is 12.2. The summed E-state index contributed by atoms with van der Waals surface area (Å²) in [4.78, 5) is 18.2. The molecule has 1 aromatic heterocycles. The number of aromatic nitrogens is 1. The van der Waals surface area contributed by atoms with Crippen LogP contribution in [0.2, 0.25) is 0 Å². The van der Waals surface area contributed by atoms with Gasteiger partial charge >= 0.3 is 0 Å². The molecule has 1 N–H and O–H groups in total. The summed E-state index contributed by atoms with van der Waals surface area (Å²) in [5, 5.41) is 3.79. The van der Waals surface area contributed by atoms with E-state index in [2.05, 4.69) is 29.6 Å². The minimum Gasteiger partial charge on any atom is -0.302 e. The molecule has 1 saturated carbocycles. The molecule has 0 aliphatic heterocycles. The Kier molecular flexibility index (Phi) is 4.17. The molecule has 0 unspecified atom stereocenters. The molecule has 4 heteroatoms. The summed E-state index contributed by atoms with van der Waals surface area (Å²) in [7, 11) is 0. The molecule has 0 saturated heterocycles. The van der Waals surface area contributed by atoms with Crippen molar-refractivity contribution in [2.45, 2.75) is 51.4 Å². The van der Waals surface area contributed by atoms with Crippen LogP contribution in [0.1, 0.15) is 49.0 Å². The third-order valence-electron chi connectivity index (χ3n) is 5.09. The number of rotatable bonds is 4. The van der Waals surface area contributed by atoms with Crippen molar-refractivity contribution in [3.63, 3.8) is 0 Å². The molecule has 1 amide bonds. The molecule has 1 aromatic carbocycles. The topological polar surface area (TPSA) is 42.0 Å². The second kappa shape index (κ2) is 6.44. The molecule has 2 aliphatic rings. The normalized spacial score (nSPS) is 16.9. The van der Waals surface area contributed by atoms with E-state index in [4.69, 9.17) is 4.98 Å². The standard InChI is InChI=1S/C19H22N2OS/c22-17(12-9-13-5-1-2-6-13)20-19-21-18-15-8-4-3-7-14(15)10-11-16(18)23-19/h3-4,7-8,13H,1-2,5-6,9-12H2,(H,20,21,22). The Morgan fingerprint density at radius 3 is 2.91 bits per heavy atom. The van der Waals surface area contributed by atoms with Gasteiger partial charge in [-0.25, -0.2) is 4.98 Å². The van der Waals surface area contributed by atoms with E-state index >= 15 is 0 Å². The fourth-order valence-corrected chi connectivity index (χ4v) is 4.81. The lowest BCUT2D eigenvalue weighted by Crippen LogP contribution is -2.12. The van der Waals surface area contributed by atoms with E-state index < -0.39 is 0 Å². The fraction of sp³-hybridized carbons (Fsp3) is 0.474. The van der Waals surface area contributed by atoms with Gasteiger partial charge in [-0.15, -0.1) is 11.3 Å². The van der Waals surface area contributed by atoms with E-state index in [0.717, 1.165) is 36.0 Å². The van der Waals surface area contributed by atoms with Gasteiger partial charge in [0.1, 0.15) is 0 Å². The van der Waals surface area contributed by atoms with Gasteiger partial charge in [0, 0.05) is 16.9 Å². The molecule has 23 heavy (non-hydrogen) atoms. The third kappa shape index (κ3) is 3.18. The van der Waals surface area contributed by atoms with Crippen molar-refractivity contribution < 1.29 is 4.79 Å². The maximum Gasteiger partial charge on any atom is 0.226 e. The minimum atomic E-state index is 0.122. The van der Waals surface area contributed by atoms with Gasteiger partial charge < -0.3 is 5.32 Å². The van der Waals surface area contributed by atoms with Crippen molar-refractivity contribution in [1.82, 2.24) is 4.98 Å². The van der Waals surface area contributed by atoms with E-state index in [9.17, 15) is 4.79 Å². The van der Waals surface area contributed by atoms with Crippen molar-refractivity contribution in [1.29, 1.82) is 0 Å². The molecule has 0 atom stereocenters. The second-order valence-corrected chi connectivity index (χ2v) is 7.77. The van der Waals surface area contributed by atoms with Crippen LogP contribution >= 0.6 is 11.3 Å². The number of fused-ring (bicyclic) bond motifs is 3. The van der Waals surface area contributed by atoms with Crippen LogP contribution in [0.5, 0.6) is 0 Å². The summed E-state index contributed by atoms with van der Waals surface area (Å²) < 4.78 is 0. The maximum absolute atomic E-state index is 12.2. The lowest BCUT2D eigenvalue weighted by molar-refractivity contribution is -0.116. The summed E-state index contributed by atoms with van der Waals surface area (Å²) >= 11 is 1.64. The first-order valence-electron chi connectivity index (χ1n) is 8.67. The van der Waals surface area contributed by atoms with E-state index in [1.807, 2.05) is 0 Å². The number of anilines is 1. The summed E-state index contributed by atoms with van der Waals surface area (Å²) in [6.07, 6.45) is 9.04. The number of nitrogens with one attached hydrogen (secondary N) is 1. The van der Waals surface area contributed by atoms with Gasteiger partial charge in [0.25, 0.3) is 0 Å². The highest BCUT2D eigenvalue weighted by Gasteiger charge is 2.21. The molecular formula is C19H22N2OS. The SMILES string of the molecule is O=C(CCC1CCCC1)Nc1nc2c(s1)CCc1ccccc1-2. The van der Waals surface area contributed by atoms with Crippen molar-refractivity contribution in [2.75, 3.05) is 5.32 Å². The smallest absolute Gasteiger partial charge is 0.226 e. The molecule has 4 rings (SSSR count). The molecule has 2 aliphatic carbocycles. The zero-order chi connectivity index (χ0) is 15.6. The Balaban J connectivity index is 1.43. The number of aryl methyl sites for hydroxylation is 2. The molecule has 0 spiro atoms. The second-order valence-electron chi connectivity index (χ2n) is 6.69. The summed E-state index contributed by atoms with van der Waals surface area (Å²) in [5.41, 5.74) is 3.67. The van der Waals surface area contributed by atoms with E-state index in [0.29, 0.717) is 6.42 Å². The van der Waals surface area contributed by atoms with Crippen molar-refractivity contribution in [3.05, 3.63) is 34.7 Å². The molecular weight excluding hydrogens is 304 g/mol. The number of carbonyl (C=O) groups is 1. The first-order chi connectivity index (χ1) is 11.3. The van der Waals surface area contributed by atoms with Gasteiger partial charge in [-0.05, 0) is 30.7 Å². The molecule has 120 valence electrons. The number of thiazole rings is 1. The number of nitrogens with zero attached hydrogens (tertiary/aromatic N) is 1. The lowest BCUT2D eigenvalue weighted by Gasteiger charge is -2.13. The molecule has 3 nitrogen and oxygen atoms in total. The average Bonchev–Trinajstić information content (AvgIpc) is 3.22. The lowest BCUT2D eigenvalue weighted by atomic mass is 9.94. The van der Waals surface area contributed by atoms with Crippen LogP contribution in [0, 0.1) is 5.92 Å². The minimum absolute atomic E-state index is 0.122. The number of carbonyl (C=O) groups excluding carboxylic acids is 1. The zero-order valence-corrected chi connectivity index (χ0v) is 14.1. The largest absolute Gasteiger partial charge is 0.302 e. The van der Waals surface area contributed by atoms with Crippen LogP contribution in [-0.2, 0) is 17.6 Å². The molecule has 2 aromatic rings. The predicted molar refractivity (Wildman–Crippen MR) is 94.8 cm³/mol. The van der Waals surface area contributed by atoms with Gasteiger partial charge in [0.05, 0.1) is 5.69 Å². The van der Waals surface area contributed by atoms with Gasteiger partial charge in [-0.1, -0.05) is 49.9 Å². The predicted octanol–water partition coefficient (Wildman–Crippen LogP) is 4.82. The van der Waals surface area contributed by atoms with Crippen LogP contribution in [-0.4, -0.2) is 10.9 Å². The van der Waals surface area contributed by atoms with Gasteiger partial charge in [0.15, 0.2) is 5.13 Å². The Hall–Kier alpha value is -1.68. The van der Waals surface area contributed by atoms with E-state index in [1.165, 1.54) is 41.7 Å². The zero-order valence-electron chi connectivity index (χ0n) is 13.3. The van der Waals surface area contributed by atoms with Gasteiger partial charge in [-0.2, -0.15) is 0 Å². The molecule has 1 fully saturated rings. The molecule has 1 heterocycles. The molecule has 0 radical (unpaired) electrons. The summed E-state index contributed by atoms with van der Waals surface area (Å²) in [6, 6.07) is 8.46. The number of hydrogen-bond donors (Lipinski definition) is 1. The average molecular weight is 326 g/mol. The number of benzene rings is 1. The monoisotopic (exact) mass is 326 g/mol. The highest BCUT2D eigenvalue weighted by molar-refractivity contribution is 7.16. The van der Waals surface area contributed by atoms with Crippen LogP contribution in [0.3, 0.4) is 0 Å². The van der Waals surface area contributed by atoms with Gasteiger partial charge in [0.2, 0.25) is 5.91 Å². The van der Waals surface area contributed by atoms with Crippen molar-refractivity contribution >= 4 is 22.4 Å². The van der Waals surface area contributed by atoms with E-state index in [-0.39, 0.29) is 5.91 Å². The number of hydrogen-bond acceptors (Lipinski definition) is 3. The van der Waals surface area contributed by atoms with Gasteiger partial charge in [-0.3, -0.25) is 4.79 Å². The highest BCUT2D eigenvalue weighted by Crippen LogP contribution is 2.38. The van der Waals surface area contributed by atoms with Crippen LogP contribution in [0.15, 0.2) is 24.3 Å². The highest BCUT2D eigenvalue weighted by atomic mass is 32.1. The Bertz CT molecular complexity index is 716. The Labute approximate surface area is 141 Å². The Morgan fingerprint density at radius 2 is 2.04 bits per heavy atom. The van der Waals surface area contributed by atoms with Crippen LogP contribution in [0.25, 0.3) is 11.3 Å². The number of amides is 1. The summed E-state index contributed by atoms with van der Waals surface area (Å²) in [6.45, 7) is 0. The molecule has 0 bridgehead atoms. The van der Waals surface area contributed by atoms with Crippen LogP contribution < -0.4 is 5.32 Å². The quantitative estimate of drug-likeness (QED) is 0.875. The third-order valence-corrected chi connectivity index (χ3v) is 6.12. The van der Waals surface area contributed by atoms with Crippen LogP contribution in [0.4, 0.5) is 5.13 Å². The Morgan fingerprint density at radius 1 is 1.22 bits per heavy atom. The van der Waals surface area contributed by atoms with E-state index in [1.54, 1.807) is 11.3 Å². The first-order valence-corrected chi connectivity index (χ1v) is 9.49. The van der Waals surface area contributed by atoms with Crippen molar-refractivity contribution in [3.8, 4) is 11.3 Å². The fourth-order valence-electron chi connectivity index (χ4n) is 3.82. The van der Waals surface area contributed by atoms with Crippen molar-refractivity contribution in [2.24, 2.45) is 5.92 Å².